The molecule has 0 heterocycles. The molecule has 0 unspecified atom stereocenters. The SMILES string of the molecule is Cc1ccc(CO)cc1NC(=O)CC(C)C. The molecular formula is C13H19NO2. The van der Waals surface area contributed by atoms with Gasteiger partial charge in [-0.15, -0.1) is 0 Å². The van der Waals surface area contributed by atoms with Gasteiger partial charge in [0.05, 0.1) is 6.61 Å². The fourth-order valence-electron chi connectivity index (χ4n) is 1.47. The van der Waals surface area contributed by atoms with E-state index < -0.39 is 0 Å². The molecule has 1 aromatic rings. The maximum Gasteiger partial charge on any atom is 0.224 e. The van der Waals surface area contributed by atoms with Gasteiger partial charge in [0, 0.05) is 12.1 Å². The second kappa shape index (κ2) is 5.66. The van der Waals surface area contributed by atoms with Gasteiger partial charge in [-0.25, -0.2) is 0 Å². The van der Waals surface area contributed by atoms with Gasteiger partial charge in [0.25, 0.3) is 0 Å². The van der Waals surface area contributed by atoms with Crippen LogP contribution in [0.25, 0.3) is 0 Å². The van der Waals surface area contributed by atoms with Crippen LogP contribution >= 0.6 is 0 Å². The molecule has 3 nitrogen and oxygen atoms in total. The van der Waals surface area contributed by atoms with Crippen molar-refractivity contribution in [1.29, 1.82) is 0 Å². The summed E-state index contributed by atoms with van der Waals surface area (Å²) in [6.45, 7) is 5.95. The van der Waals surface area contributed by atoms with Gasteiger partial charge in [-0.2, -0.15) is 0 Å². The molecule has 1 rings (SSSR count). The topological polar surface area (TPSA) is 49.3 Å². The van der Waals surface area contributed by atoms with Gasteiger partial charge in [-0.05, 0) is 30.0 Å². The van der Waals surface area contributed by atoms with Crippen molar-refractivity contribution in [2.45, 2.75) is 33.8 Å². The average molecular weight is 221 g/mol. The van der Waals surface area contributed by atoms with E-state index in [9.17, 15) is 4.79 Å². The number of anilines is 1. The smallest absolute Gasteiger partial charge is 0.224 e. The van der Waals surface area contributed by atoms with Crippen molar-refractivity contribution in [3.8, 4) is 0 Å². The molecule has 0 fully saturated rings. The van der Waals surface area contributed by atoms with E-state index in [0.29, 0.717) is 12.3 Å². The highest BCUT2D eigenvalue weighted by molar-refractivity contribution is 5.91. The number of carbonyl (C=O) groups is 1. The van der Waals surface area contributed by atoms with Crippen LogP contribution in [-0.4, -0.2) is 11.0 Å². The van der Waals surface area contributed by atoms with E-state index in [1.807, 2.05) is 39.0 Å². The van der Waals surface area contributed by atoms with Gasteiger partial charge in [-0.3, -0.25) is 4.79 Å². The monoisotopic (exact) mass is 221 g/mol. The Balaban J connectivity index is 2.75. The maximum absolute atomic E-state index is 11.6. The molecule has 0 radical (unpaired) electrons. The average Bonchev–Trinajstić information content (AvgIpc) is 2.20. The highest BCUT2D eigenvalue weighted by Crippen LogP contribution is 2.17. The molecule has 0 bridgehead atoms. The predicted molar refractivity (Wildman–Crippen MR) is 65.2 cm³/mol. The second-order valence-electron chi connectivity index (χ2n) is 4.45. The number of aliphatic hydroxyl groups is 1. The lowest BCUT2D eigenvalue weighted by Crippen LogP contribution is -2.14. The minimum Gasteiger partial charge on any atom is -0.392 e. The van der Waals surface area contributed by atoms with Gasteiger partial charge < -0.3 is 10.4 Å². The van der Waals surface area contributed by atoms with Gasteiger partial charge in [0.15, 0.2) is 0 Å². The Bertz CT molecular complexity index is 372. The molecular weight excluding hydrogens is 202 g/mol. The van der Waals surface area contributed by atoms with E-state index in [-0.39, 0.29) is 12.5 Å². The van der Waals surface area contributed by atoms with Crippen molar-refractivity contribution in [2.75, 3.05) is 5.32 Å². The summed E-state index contributed by atoms with van der Waals surface area (Å²) >= 11 is 0. The van der Waals surface area contributed by atoms with E-state index in [1.165, 1.54) is 0 Å². The Hall–Kier alpha value is -1.35. The second-order valence-corrected chi connectivity index (χ2v) is 4.45. The third-order valence-electron chi connectivity index (χ3n) is 2.35. The zero-order chi connectivity index (χ0) is 12.1. The number of benzene rings is 1. The lowest BCUT2D eigenvalue weighted by atomic mass is 10.1. The molecule has 0 aliphatic rings. The Labute approximate surface area is 96.5 Å². The van der Waals surface area contributed by atoms with Gasteiger partial charge in [0.2, 0.25) is 5.91 Å². The van der Waals surface area contributed by atoms with Gasteiger partial charge in [0.1, 0.15) is 0 Å². The summed E-state index contributed by atoms with van der Waals surface area (Å²) in [5.41, 5.74) is 2.61. The van der Waals surface area contributed by atoms with E-state index >= 15 is 0 Å². The molecule has 0 aliphatic carbocycles. The van der Waals surface area contributed by atoms with Gasteiger partial charge >= 0.3 is 0 Å². The maximum atomic E-state index is 11.6. The van der Waals surface area contributed by atoms with Crippen molar-refractivity contribution in [2.24, 2.45) is 5.92 Å². The van der Waals surface area contributed by atoms with E-state index in [2.05, 4.69) is 5.32 Å². The number of aryl methyl sites for hydroxylation is 1. The van der Waals surface area contributed by atoms with Crippen LogP contribution < -0.4 is 5.32 Å². The number of hydrogen-bond acceptors (Lipinski definition) is 2. The highest BCUT2D eigenvalue weighted by Gasteiger charge is 2.07. The largest absolute Gasteiger partial charge is 0.392 e. The van der Waals surface area contributed by atoms with E-state index in [4.69, 9.17) is 5.11 Å². The first-order chi connectivity index (χ1) is 7.52. The molecule has 0 saturated carbocycles. The standard InChI is InChI=1S/C13H19NO2/c1-9(2)6-13(16)14-12-7-11(8-15)5-4-10(12)3/h4-5,7,9,15H,6,8H2,1-3H3,(H,14,16). The highest BCUT2D eigenvalue weighted by atomic mass is 16.3. The van der Waals surface area contributed by atoms with E-state index in [1.54, 1.807) is 0 Å². The lowest BCUT2D eigenvalue weighted by molar-refractivity contribution is -0.116. The van der Waals surface area contributed by atoms with Crippen molar-refractivity contribution in [1.82, 2.24) is 0 Å². The first kappa shape index (κ1) is 12.7. The molecule has 2 N–H and O–H groups in total. The molecule has 0 spiro atoms. The Morgan fingerprint density at radius 2 is 2.12 bits per heavy atom. The zero-order valence-corrected chi connectivity index (χ0v) is 10.1. The number of amides is 1. The van der Waals surface area contributed by atoms with Crippen LogP contribution in [0.3, 0.4) is 0 Å². The van der Waals surface area contributed by atoms with E-state index in [0.717, 1.165) is 16.8 Å². The molecule has 16 heavy (non-hydrogen) atoms. The van der Waals surface area contributed by atoms with Crippen LogP contribution in [0, 0.1) is 12.8 Å². The lowest BCUT2D eigenvalue weighted by Gasteiger charge is -2.11. The van der Waals surface area contributed by atoms with Crippen LogP contribution in [0.1, 0.15) is 31.4 Å². The Morgan fingerprint density at radius 3 is 2.69 bits per heavy atom. The molecule has 0 saturated heterocycles. The zero-order valence-electron chi connectivity index (χ0n) is 10.1. The summed E-state index contributed by atoms with van der Waals surface area (Å²) in [5.74, 6) is 0.370. The van der Waals surface area contributed by atoms with Gasteiger partial charge in [-0.1, -0.05) is 26.0 Å². The van der Waals surface area contributed by atoms with Crippen LogP contribution in [0.15, 0.2) is 18.2 Å². The minimum absolute atomic E-state index is 0.00662. The molecule has 1 aromatic carbocycles. The summed E-state index contributed by atoms with van der Waals surface area (Å²) in [6, 6.07) is 5.57. The Kier molecular flexibility index (Phi) is 4.50. The molecule has 3 heteroatoms. The summed E-state index contributed by atoms with van der Waals surface area (Å²) in [4.78, 5) is 11.6. The van der Waals surface area contributed by atoms with Crippen molar-refractivity contribution < 1.29 is 9.90 Å². The van der Waals surface area contributed by atoms with Crippen LogP contribution in [-0.2, 0) is 11.4 Å². The van der Waals surface area contributed by atoms with Crippen LogP contribution in [0.2, 0.25) is 0 Å². The first-order valence-electron chi connectivity index (χ1n) is 5.53. The normalized spacial score (nSPS) is 10.6. The third-order valence-corrected chi connectivity index (χ3v) is 2.35. The molecule has 88 valence electrons. The number of carbonyl (C=O) groups excluding carboxylic acids is 1. The van der Waals surface area contributed by atoms with Crippen molar-refractivity contribution in [3.63, 3.8) is 0 Å². The van der Waals surface area contributed by atoms with Crippen LogP contribution in [0.4, 0.5) is 5.69 Å². The summed E-state index contributed by atoms with van der Waals surface area (Å²) < 4.78 is 0. The third kappa shape index (κ3) is 3.66. The fraction of sp³-hybridized carbons (Fsp3) is 0.462. The summed E-state index contributed by atoms with van der Waals surface area (Å²) in [5, 5.41) is 11.9. The number of rotatable bonds is 4. The summed E-state index contributed by atoms with van der Waals surface area (Å²) in [6.07, 6.45) is 0.517. The molecule has 0 aromatic heterocycles. The Morgan fingerprint density at radius 1 is 1.44 bits per heavy atom. The van der Waals surface area contributed by atoms with Crippen molar-refractivity contribution >= 4 is 11.6 Å². The first-order valence-corrected chi connectivity index (χ1v) is 5.53. The van der Waals surface area contributed by atoms with Crippen LogP contribution in [0.5, 0.6) is 0 Å². The minimum atomic E-state index is -0.00662. The number of aliphatic hydroxyl groups excluding tert-OH is 1. The molecule has 0 aliphatic heterocycles. The number of nitrogens with one attached hydrogen (secondary N) is 1. The fourth-order valence-corrected chi connectivity index (χ4v) is 1.47. The molecule has 1 amide bonds. The van der Waals surface area contributed by atoms with Crippen molar-refractivity contribution in [3.05, 3.63) is 29.3 Å². The summed E-state index contributed by atoms with van der Waals surface area (Å²) in [7, 11) is 0. The number of hydrogen-bond donors (Lipinski definition) is 2. The quantitative estimate of drug-likeness (QED) is 0.820. The predicted octanol–water partition coefficient (Wildman–Crippen LogP) is 2.47. The molecule has 0 atom stereocenters.